The number of hydrogen-bond donors (Lipinski definition) is 0. The van der Waals surface area contributed by atoms with Crippen LogP contribution in [0.5, 0.6) is 5.75 Å². The lowest BCUT2D eigenvalue weighted by atomic mass is 10.2. The van der Waals surface area contributed by atoms with E-state index in [0.29, 0.717) is 17.2 Å². The second kappa shape index (κ2) is 9.68. The molecule has 0 saturated heterocycles. The predicted octanol–water partition coefficient (Wildman–Crippen LogP) is 4.54. The molecular weight excluding hydrogens is 497 g/mol. The van der Waals surface area contributed by atoms with E-state index in [2.05, 4.69) is 32.5 Å². The summed E-state index contributed by atoms with van der Waals surface area (Å²) in [5.41, 5.74) is 1.57. The van der Waals surface area contributed by atoms with Crippen LogP contribution in [0, 0.1) is 3.57 Å². The summed E-state index contributed by atoms with van der Waals surface area (Å²) in [5.74, 6) is 0.763. The Morgan fingerprint density at radius 3 is 2.59 bits per heavy atom. The molecule has 0 spiro atoms. The minimum absolute atomic E-state index is 0. The fourth-order valence-corrected chi connectivity index (χ4v) is 4.14. The molecule has 3 rings (SSSR count). The van der Waals surface area contributed by atoms with Gasteiger partial charge in [-0.2, -0.15) is 0 Å². The van der Waals surface area contributed by atoms with E-state index >= 15 is 0 Å². The highest BCUT2D eigenvalue weighted by atomic mass is 127. The minimum atomic E-state index is -0.0251. The Balaban J connectivity index is 0.00000261. The molecule has 1 heterocycles. The van der Waals surface area contributed by atoms with Crippen molar-refractivity contribution in [2.45, 2.75) is 0 Å². The highest BCUT2D eigenvalue weighted by Crippen LogP contribution is 2.32. The van der Waals surface area contributed by atoms with Crippen molar-refractivity contribution >= 4 is 67.6 Å². The highest BCUT2D eigenvalue weighted by molar-refractivity contribution is 14.1. The van der Waals surface area contributed by atoms with E-state index in [0.717, 1.165) is 26.1 Å². The third-order valence-electron chi connectivity index (χ3n) is 3.94. The molecule has 0 aliphatic carbocycles. The monoisotopic (exact) mass is 517 g/mol. The topological polar surface area (TPSA) is 45.7 Å². The third kappa shape index (κ3) is 5.10. The van der Waals surface area contributed by atoms with Gasteiger partial charge in [0.05, 0.1) is 22.9 Å². The Kier molecular flexibility index (Phi) is 7.84. The van der Waals surface area contributed by atoms with Gasteiger partial charge in [-0.25, -0.2) is 4.98 Å². The van der Waals surface area contributed by atoms with Crippen molar-refractivity contribution in [2.75, 3.05) is 39.2 Å². The van der Waals surface area contributed by atoms with E-state index in [4.69, 9.17) is 4.74 Å². The molecular formula is C19H21ClIN3O2S. The molecule has 0 bridgehead atoms. The zero-order valence-electron chi connectivity index (χ0n) is 15.3. The van der Waals surface area contributed by atoms with Gasteiger partial charge in [0.15, 0.2) is 5.13 Å². The number of hydrogen-bond acceptors (Lipinski definition) is 5. The molecule has 144 valence electrons. The lowest BCUT2D eigenvalue weighted by Gasteiger charge is -2.22. The smallest absolute Gasteiger partial charge is 0.261 e. The van der Waals surface area contributed by atoms with Crippen LogP contribution >= 0.6 is 46.3 Å². The van der Waals surface area contributed by atoms with Crippen LogP contribution in [-0.4, -0.2) is 50.1 Å². The Morgan fingerprint density at radius 1 is 1.19 bits per heavy atom. The first kappa shape index (κ1) is 21.9. The summed E-state index contributed by atoms with van der Waals surface area (Å²) in [6, 6.07) is 13.4. The standard InChI is InChI=1S/C19H20IN3O2S.ClH/c1-22(2)10-11-23(18(24)14-6-4-5-7-15(14)20)19-21-16-9-8-13(25-3)12-17(16)26-19;/h4-9,12H,10-11H2,1-3H3;1H. The van der Waals surface area contributed by atoms with Crippen molar-refractivity contribution in [2.24, 2.45) is 0 Å². The molecule has 27 heavy (non-hydrogen) atoms. The average Bonchev–Trinajstić information content (AvgIpc) is 3.04. The Bertz CT molecular complexity index is 932. The van der Waals surface area contributed by atoms with E-state index in [-0.39, 0.29) is 18.3 Å². The molecule has 1 amide bonds. The van der Waals surface area contributed by atoms with Crippen LogP contribution in [0.4, 0.5) is 5.13 Å². The molecule has 0 atom stereocenters. The number of methoxy groups -OCH3 is 1. The third-order valence-corrected chi connectivity index (χ3v) is 5.92. The van der Waals surface area contributed by atoms with Crippen molar-refractivity contribution in [1.82, 2.24) is 9.88 Å². The molecule has 2 aromatic carbocycles. The van der Waals surface area contributed by atoms with Gasteiger partial charge in [-0.05, 0) is 67.0 Å². The molecule has 0 fully saturated rings. The number of ether oxygens (including phenoxy) is 1. The molecule has 0 aliphatic rings. The van der Waals surface area contributed by atoms with Crippen LogP contribution in [-0.2, 0) is 0 Å². The van der Waals surface area contributed by atoms with E-state index in [9.17, 15) is 4.79 Å². The summed E-state index contributed by atoms with van der Waals surface area (Å²) in [7, 11) is 5.64. The zero-order chi connectivity index (χ0) is 18.7. The lowest BCUT2D eigenvalue weighted by Crippen LogP contribution is -2.37. The summed E-state index contributed by atoms with van der Waals surface area (Å²) < 4.78 is 7.24. The number of thiazole rings is 1. The van der Waals surface area contributed by atoms with Crippen LogP contribution in [0.3, 0.4) is 0 Å². The molecule has 1 aromatic heterocycles. The molecule has 3 aromatic rings. The Hall–Kier alpha value is -1.42. The number of nitrogens with zero attached hydrogens (tertiary/aromatic N) is 3. The van der Waals surface area contributed by atoms with Crippen molar-refractivity contribution in [3.05, 3.63) is 51.6 Å². The quantitative estimate of drug-likeness (QED) is 0.451. The number of aromatic nitrogens is 1. The number of amides is 1. The maximum Gasteiger partial charge on any atom is 0.261 e. The van der Waals surface area contributed by atoms with Gasteiger partial charge < -0.3 is 9.64 Å². The summed E-state index contributed by atoms with van der Waals surface area (Å²) in [5, 5.41) is 0.708. The van der Waals surface area contributed by atoms with E-state index in [1.165, 1.54) is 11.3 Å². The number of halogens is 2. The maximum absolute atomic E-state index is 13.2. The van der Waals surface area contributed by atoms with E-state index < -0.39 is 0 Å². The predicted molar refractivity (Wildman–Crippen MR) is 123 cm³/mol. The Morgan fingerprint density at radius 2 is 1.93 bits per heavy atom. The number of anilines is 1. The summed E-state index contributed by atoms with van der Waals surface area (Å²) in [6.07, 6.45) is 0. The highest BCUT2D eigenvalue weighted by Gasteiger charge is 2.23. The molecule has 0 N–H and O–H groups in total. The molecule has 8 heteroatoms. The molecule has 0 aliphatic heterocycles. The molecule has 0 unspecified atom stereocenters. The molecule has 5 nitrogen and oxygen atoms in total. The summed E-state index contributed by atoms with van der Waals surface area (Å²) >= 11 is 3.71. The van der Waals surface area contributed by atoms with Gasteiger partial charge in [0.25, 0.3) is 5.91 Å². The fraction of sp³-hybridized carbons (Fsp3) is 0.263. The van der Waals surface area contributed by atoms with Crippen LogP contribution in [0.1, 0.15) is 10.4 Å². The van der Waals surface area contributed by atoms with Crippen molar-refractivity contribution in [3.8, 4) is 5.75 Å². The number of benzene rings is 2. The van der Waals surface area contributed by atoms with Crippen LogP contribution in [0.15, 0.2) is 42.5 Å². The average molecular weight is 518 g/mol. The van der Waals surface area contributed by atoms with Crippen molar-refractivity contribution in [1.29, 1.82) is 0 Å². The molecule has 0 saturated carbocycles. The van der Waals surface area contributed by atoms with E-state index in [1.54, 1.807) is 12.0 Å². The van der Waals surface area contributed by atoms with Crippen LogP contribution in [0.25, 0.3) is 10.2 Å². The number of likely N-dealkylation sites (N-methyl/N-ethyl adjacent to an activating group) is 1. The lowest BCUT2D eigenvalue weighted by molar-refractivity contribution is 0.0984. The van der Waals surface area contributed by atoms with Gasteiger partial charge in [0.1, 0.15) is 5.75 Å². The zero-order valence-corrected chi connectivity index (χ0v) is 19.1. The number of carbonyl (C=O) groups excluding carboxylic acids is 1. The largest absolute Gasteiger partial charge is 0.497 e. The maximum atomic E-state index is 13.2. The first-order valence-electron chi connectivity index (χ1n) is 8.15. The second-order valence-corrected chi connectivity index (χ2v) is 8.24. The van der Waals surface area contributed by atoms with Crippen molar-refractivity contribution in [3.63, 3.8) is 0 Å². The van der Waals surface area contributed by atoms with Gasteiger partial charge in [0, 0.05) is 16.7 Å². The normalized spacial score (nSPS) is 10.7. The van der Waals surface area contributed by atoms with Gasteiger partial charge >= 0.3 is 0 Å². The number of fused-ring (bicyclic) bond motifs is 1. The van der Waals surface area contributed by atoms with Gasteiger partial charge in [-0.15, -0.1) is 12.4 Å². The van der Waals surface area contributed by atoms with E-state index in [1.807, 2.05) is 56.6 Å². The number of carbonyl (C=O) groups is 1. The first-order valence-corrected chi connectivity index (χ1v) is 10.0. The second-order valence-electron chi connectivity index (χ2n) is 6.07. The van der Waals surface area contributed by atoms with Crippen LogP contribution in [0.2, 0.25) is 0 Å². The fourth-order valence-electron chi connectivity index (χ4n) is 2.50. The van der Waals surface area contributed by atoms with Gasteiger partial charge in [-0.3, -0.25) is 9.69 Å². The van der Waals surface area contributed by atoms with Crippen LogP contribution < -0.4 is 9.64 Å². The van der Waals surface area contributed by atoms with Gasteiger partial charge in [0.2, 0.25) is 0 Å². The van der Waals surface area contributed by atoms with Crippen molar-refractivity contribution < 1.29 is 9.53 Å². The van der Waals surface area contributed by atoms with Gasteiger partial charge in [-0.1, -0.05) is 23.5 Å². The Labute approximate surface area is 182 Å². The number of rotatable bonds is 6. The minimum Gasteiger partial charge on any atom is -0.497 e. The molecule has 0 radical (unpaired) electrons. The summed E-state index contributed by atoms with van der Waals surface area (Å²) in [6.45, 7) is 1.34. The first-order chi connectivity index (χ1) is 12.5. The SMILES string of the molecule is COc1ccc2nc(N(CCN(C)C)C(=O)c3ccccc3I)sc2c1.Cl. The summed E-state index contributed by atoms with van der Waals surface area (Å²) in [4.78, 5) is 21.7.